The summed E-state index contributed by atoms with van der Waals surface area (Å²) in [5.74, 6) is -0.849. The van der Waals surface area contributed by atoms with Crippen molar-refractivity contribution in [2.24, 2.45) is 0 Å². The van der Waals surface area contributed by atoms with Gasteiger partial charge in [-0.2, -0.15) is 0 Å². The number of carboxylic acid groups (broad SMARTS) is 1. The van der Waals surface area contributed by atoms with Gasteiger partial charge < -0.3 is 10.0 Å². The molecule has 1 aliphatic rings. The lowest BCUT2D eigenvalue weighted by Gasteiger charge is -2.38. The van der Waals surface area contributed by atoms with E-state index in [1.807, 2.05) is 13.0 Å². The fraction of sp³-hybridized carbons (Fsp3) is 0.562. The standard InChI is InChI=1S/C16H23NO2/c1-3-6-14-7-4-5-10-17(14)15-9-8-13(16(18)19)11-12(15)2/h8-9,11,14H,3-7,10H2,1-2H3,(H,18,19). The topological polar surface area (TPSA) is 40.5 Å². The van der Waals surface area contributed by atoms with Gasteiger partial charge in [0, 0.05) is 18.3 Å². The molecule has 0 aliphatic carbocycles. The van der Waals surface area contributed by atoms with Crippen LogP contribution in [0.25, 0.3) is 0 Å². The number of hydrogen-bond acceptors (Lipinski definition) is 2. The second-order valence-electron chi connectivity index (χ2n) is 5.44. The molecule has 1 saturated heterocycles. The number of rotatable bonds is 4. The second kappa shape index (κ2) is 6.09. The van der Waals surface area contributed by atoms with Crippen molar-refractivity contribution in [3.05, 3.63) is 29.3 Å². The van der Waals surface area contributed by atoms with Crippen molar-refractivity contribution in [3.8, 4) is 0 Å². The van der Waals surface area contributed by atoms with E-state index in [0.717, 1.165) is 12.1 Å². The predicted octanol–water partition coefficient (Wildman–Crippen LogP) is 3.85. The fourth-order valence-electron chi connectivity index (χ4n) is 3.06. The van der Waals surface area contributed by atoms with Crippen molar-refractivity contribution in [2.45, 2.75) is 52.0 Å². The van der Waals surface area contributed by atoms with E-state index in [1.54, 1.807) is 12.1 Å². The summed E-state index contributed by atoms with van der Waals surface area (Å²) < 4.78 is 0. The SMILES string of the molecule is CCCC1CCCCN1c1ccc(C(=O)O)cc1C. The number of aryl methyl sites for hydroxylation is 1. The molecule has 0 amide bonds. The lowest BCUT2D eigenvalue weighted by Crippen LogP contribution is -2.39. The van der Waals surface area contributed by atoms with E-state index >= 15 is 0 Å². The molecule has 0 saturated carbocycles. The van der Waals surface area contributed by atoms with Crippen LogP contribution in [0.2, 0.25) is 0 Å². The summed E-state index contributed by atoms with van der Waals surface area (Å²) in [5.41, 5.74) is 2.66. The normalized spacial score (nSPS) is 19.5. The quantitative estimate of drug-likeness (QED) is 0.895. The van der Waals surface area contributed by atoms with Crippen LogP contribution >= 0.6 is 0 Å². The first kappa shape index (κ1) is 13.9. The summed E-state index contributed by atoms with van der Waals surface area (Å²) in [4.78, 5) is 13.5. The maximum absolute atomic E-state index is 11.0. The summed E-state index contributed by atoms with van der Waals surface area (Å²) in [6, 6.07) is 6.11. The smallest absolute Gasteiger partial charge is 0.335 e. The van der Waals surface area contributed by atoms with Crippen molar-refractivity contribution in [1.82, 2.24) is 0 Å². The molecule has 2 rings (SSSR count). The van der Waals surface area contributed by atoms with Gasteiger partial charge in [0.15, 0.2) is 0 Å². The van der Waals surface area contributed by atoms with Crippen LogP contribution in [0.1, 0.15) is 54.9 Å². The first-order chi connectivity index (χ1) is 9.13. The molecule has 0 aromatic heterocycles. The van der Waals surface area contributed by atoms with Crippen LogP contribution in [0, 0.1) is 6.92 Å². The zero-order chi connectivity index (χ0) is 13.8. The van der Waals surface area contributed by atoms with Crippen LogP contribution in [0.3, 0.4) is 0 Å². The lowest BCUT2D eigenvalue weighted by atomic mass is 9.96. The Labute approximate surface area is 115 Å². The number of aromatic carboxylic acids is 1. The van der Waals surface area contributed by atoms with Gasteiger partial charge in [-0.05, 0) is 56.4 Å². The number of carboxylic acids is 1. The Balaban J connectivity index is 2.26. The third-order valence-corrected chi connectivity index (χ3v) is 4.00. The molecule has 1 fully saturated rings. The van der Waals surface area contributed by atoms with Gasteiger partial charge in [0.2, 0.25) is 0 Å². The molecule has 1 aromatic rings. The predicted molar refractivity (Wildman–Crippen MR) is 78.0 cm³/mol. The van der Waals surface area contributed by atoms with Gasteiger partial charge in [-0.1, -0.05) is 13.3 Å². The van der Waals surface area contributed by atoms with Crippen molar-refractivity contribution < 1.29 is 9.90 Å². The molecule has 0 bridgehead atoms. The molecule has 3 heteroatoms. The van der Waals surface area contributed by atoms with Gasteiger partial charge >= 0.3 is 5.97 Å². The first-order valence-electron chi connectivity index (χ1n) is 7.24. The monoisotopic (exact) mass is 261 g/mol. The van der Waals surface area contributed by atoms with Gasteiger partial charge in [0.05, 0.1) is 5.56 Å². The van der Waals surface area contributed by atoms with E-state index in [1.165, 1.54) is 37.8 Å². The average Bonchev–Trinajstić information content (AvgIpc) is 2.40. The Kier molecular flexibility index (Phi) is 4.46. The molecule has 19 heavy (non-hydrogen) atoms. The minimum atomic E-state index is -0.849. The van der Waals surface area contributed by atoms with Crippen molar-refractivity contribution in [3.63, 3.8) is 0 Å². The van der Waals surface area contributed by atoms with Crippen LogP contribution in [-0.4, -0.2) is 23.7 Å². The molecule has 0 spiro atoms. The maximum Gasteiger partial charge on any atom is 0.335 e. The third-order valence-electron chi connectivity index (χ3n) is 4.00. The molecule has 104 valence electrons. The van der Waals surface area contributed by atoms with Crippen LogP contribution in [-0.2, 0) is 0 Å². The Bertz CT molecular complexity index is 454. The van der Waals surface area contributed by atoms with E-state index in [9.17, 15) is 4.79 Å². The molecule has 1 unspecified atom stereocenters. The molecule has 1 aromatic carbocycles. The van der Waals surface area contributed by atoms with Crippen LogP contribution in [0.5, 0.6) is 0 Å². The largest absolute Gasteiger partial charge is 0.478 e. The van der Waals surface area contributed by atoms with Gasteiger partial charge in [0.1, 0.15) is 0 Å². The first-order valence-corrected chi connectivity index (χ1v) is 7.24. The van der Waals surface area contributed by atoms with Crippen LogP contribution in [0.15, 0.2) is 18.2 Å². The number of hydrogen-bond donors (Lipinski definition) is 1. The Morgan fingerprint density at radius 3 is 2.84 bits per heavy atom. The Morgan fingerprint density at radius 1 is 1.42 bits per heavy atom. The number of piperidine rings is 1. The number of nitrogens with zero attached hydrogens (tertiary/aromatic N) is 1. The maximum atomic E-state index is 11.0. The average molecular weight is 261 g/mol. The fourth-order valence-corrected chi connectivity index (χ4v) is 3.06. The lowest BCUT2D eigenvalue weighted by molar-refractivity contribution is 0.0697. The zero-order valence-corrected chi connectivity index (χ0v) is 11.9. The highest BCUT2D eigenvalue weighted by atomic mass is 16.4. The molecule has 1 aliphatic heterocycles. The van der Waals surface area contributed by atoms with Gasteiger partial charge in [-0.25, -0.2) is 4.79 Å². The van der Waals surface area contributed by atoms with Gasteiger partial charge in [0.25, 0.3) is 0 Å². The van der Waals surface area contributed by atoms with Crippen molar-refractivity contribution in [2.75, 3.05) is 11.4 Å². The molecule has 0 radical (unpaired) electrons. The number of carbonyl (C=O) groups is 1. The van der Waals surface area contributed by atoms with Gasteiger partial charge in [-0.15, -0.1) is 0 Å². The summed E-state index contributed by atoms with van der Waals surface area (Å²) in [6.07, 6.45) is 6.23. The van der Waals surface area contributed by atoms with E-state index in [2.05, 4.69) is 11.8 Å². The highest BCUT2D eigenvalue weighted by Crippen LogP contribution is 2.30. The summed E-state index contributed by atoms with van der Waals surface area (Å²) in [7, 11) is 0. The van der Waals surface area contributed by atoms with Crippen molar-refractivity contribution >= 4 is 11.7 Å². The van der Waals surface area contributed by atoms with Crippen LogP contribution in [0.4, 0.5) is 5.69 Å². The highest BCUT2D eigenvalue weighted by Gasteiger charge is 2.23. The minimum Gasteiger partial charge on any atom is -0.478 e. The molecule has 1 atom stereocenters. The zero-order valence-electron chi connectivity index (χ0n) is 11.9. The van der Waals surface area contributed by atoms with E-state index < -0.39 is 5.97 Å². The highest BCUT2D eigenvalue weighted by molar-refractivity contribution is 5.88. The molecule has 3 nitrogen and oxygen atoms in total. The number of benzene rings is 1. The second-order valence-corrected chi connectivity index (χ2v) is 5.44. The summed E-state index contributed by atoms with van der Waals surface area (Å²) in [5, 5.41) is 9.03. The van der Waals surface area contributed by atoms with Crippen molar-refractivity contribution in [1.29, 1.82) is 0 Å². The van der Waals surface area contributed by atoms with E-state index in [-0.39, 0.29) is 0 Å². The van der Waals surface area contributed by atoms with E-state index in [4.69, 9.17) is 5.11 Å². The molecule has 1 N–H and O–H groups in total. The summed E-state index contributed by atoms with van der Waals surface area (Å²) >= 11 is 0. The van der Waals surface area contributed by atoms with E-state index in [0.29, 0.717) is 11.6 Å². The summed E-state index contributed by atoms with van der Waals surface area (Å²) in [6.45, 7) is 5.34. The molecule has 1 heterocycles. The van der Waals surface area contributed by atoms with Gasteiger partial charge in [-0.3, -0.25) is 0 Å². The molecular formula is C16H23NO2. The van der Waals surface area contributed by atoms with Crippen LogP contribution < -0.4 is 4.90 Å². The Hall–Kier alpha value is -1.51. The molecular weight excluding hydrogens is 238 g/mol. The third kappa shape index (κ3) is 3.09. The Morgan fingerprint density at radius 2 is 2.21 bits per heavy atom. The minimum absolute atomic E-state index is 0.380. The number of anilines is 1.